The number of fused-ring (bicyclic) bond motifs is 1. The van der Waals surface area contributed by atoms with Crippen molar-refractivity contribution < 1.29 is 28.7 Å². The highest BCUT2D eigenvalue weighted by Gasteiger charge is 2.37. The van der Waals surface area contributed by atoms with E-state index < -0.39 is 35.4 Å². The Morgan fingerprint density at radius 1 is 1.16 bits per heavy atom. The smallest absolute Gasteiger partial charge is 0.339 e. The lowest BCUT2D eigenvalue weighted by Crippen LogP contribution is -2.36. The van der Waals surface area contributed by atoms with Crippen LogP contribution in [0.4, 0.5) is 14.9 Å². The number of carboxylic acid groups (broad SMARTS) is 1. The molecule has 196 valence electrons. The average Bonchev–Trinajstić information content (AvgIpc) is 3.47. The fraction of sp³-hybridized carbons (Fsp3) is 0.259. The van der Waals surface area contributed by atoms with Crippen LogP contribution in [0.15, 0.2) is 35.2 Å². The Balaban J connectivity index is 1.41. The molecule has 1 saturated heterocycles. The van der Waals surface area contributed by atoms with Gasteiger partial charge >= 0.3 is 5.97 Å². The van der Waals surface area contributed by atoms with Gasteiger partial charge in [-0.3, -0.25) is 19.3 Å². The number of anilines is 1. The van der Waals surface area contributed by atoms with Crippen molar-refractivity contribution in [1.29, 1.82) is 0 Å². The molecule has 0 bridgehead atoms. The first-order valence-electron chi connectivity index (χ1n) is 12.0. The Bertz CT molecular complexity index is 1540. The monoisotopic (exact) mass is 553 g/mol. The molecule has 1 aliphatic heterocycles. The molecule has 1 fully saturated rings. The molecule has 0 spiro atoms. The molecule has 1 aromatic carbocycles. The van der Waals surface area contributed by atoms with Crippen LogP contribution in [-0.2, 0) is 22.4 Å². The second-order valence-corrected chi connectivity index (χ2v) is 11.2. The van der Waals surface area contributed by atoms with Crippen molar-refractivity contribution in [1.82, 2.24) is 9.47 Å². The standard InChI is InChI=1S/C27H24FN3O5S2/c1-14-11-16(15(2)31(14)25-23(26(34)35)17-7-3-6-10-20(17)37-25)12-21-24(33)30(27(36)38-21)13-22(32)29-19-9-5-4-8-18(19)28/h4-5,8-9,11-12H,3,6-7,10,13H2,1-2H3,(H,29,32)(H,34,35)/b21-12-. The third kappa shape index (κ3) is 4.67. The van der Waals surface area contributed by atoms with Crippen LogP contribution in [0.1, 0.15) is 50.6 Å². The summed E-state index contributed by atoms with van der Waals surface area (Å²) < 4.78 is 15.7. The van der Waals surface area contributed by atoms with Gasteiger partial charge < -0.3 is 15.0 Å². The van der Waals surface area contributed by atoms with Crippen molar-refractivity contribution >= 4 is 57.9 Å². The number of carbonyl (C=O) groups is 4. The Hall–Kier alpha value is -3.70. The first kappa shape index (κ1) is 25.9. The maximum Gasteiger partial charge on any atom is 0.339 e. The predicted molar refractivity (Wildman–Crippen MR) is 144 cm³/mol. The summed E-state index contributed by atoms with van der Waals surface area (Å²) in [5.74, 6) is -2.89. The normalized spacial score (nSPS) is 16.3. The number of nitrogens with one attached hydrogen (secondary N) is 1. The molecule has 3 amide bonds. The zero-order chi connectivity index (χ0) is 27.1. The lowest BCUT2D eigenvalue weighted by Gasteiger charge is -2.12. The molecular weight excluding hydrogens is 529 g/mol. The van der Waals surface area contributed by atoms with Crippen LogP contribution in [0.3, 0.4) is 0 Å². The van der Waals surface area contributed by atoms with E-state index in [9.17, 15) is 28.7 Å². The Kier molecular flexibility index (Phi) is 6.97. The third-order valence-corrected chi connectivity index (χ3v) is 8.83. The van der Waals surface area contributed by atoms with Crippen LogP contribution >= 0.6 is 23.1 Å². The Labute approximate surface area is 226 Å². The number of halogens is 1. The van der Waals surface area contributed by atoms with Crippen molar-refractivity contribution in [2.45, 2.75) is 39.5 Å². The number of hydrogen-bond donors (Lipinski definition) is 2. The molecule has 2 aliphatic rings. The number of thiophene rings is 1. The van der Waals surface area contributed by atoms with Gasteiger partial charge in [-0.25, -0.2) is 9.18 Å². The minimum Gasteiger partial charge on any atom is -0.478 e. The molecule has 0 saturated carbocycles. The van der Waals surface area contributed by atoms with E-state index in [-0.39, 0.29) is 10.6 Å². The van der Waals surface area contributed by atoms with E-state index in [1.165, 1.54) is 29.5 Å². The van der Waals surface area contributed by atoms with E-state index in [0.717, 1.165) is 64.2 Å². The van der Waals surface area contributed by atoms with Crippen molar-refractivity contribution in [3.63, 3.8) is 0 Å². The first-order valence-corrected chi connectivity index (χ1v) is 13.7. The number of amides is 3. The van der Waals surface area contributed by atoms with Gasteiger partial charge in [-0.05, 0) is 86.7 Å². The maximum atomic E-state index is 13.8. The number of rotatable bonds is 6. The summed E-state index contributed by atoms with van der Waals surface area (Å²) in [6.45, 7) is 3.17. The number of aromatic nitrogens is 1. The lowest BCUT2D eigenvalue weighted by atomic mass is 9.95. The maximum absolute atomic E-state index is 13.8. The molecule has 1 aliphatic carbocycles. The average molecular weight is 554 g/mol. The molecule has 5 rings (SSSR count). The fourth-order valence-electron chi connectivity index (χ4n) is 4.85. The second kappa shape index (κ2) is 10.2. The van der Waals surface area contributed by atoms with Gasteiger partial charge in [0.2, 0.25) is 5.91 Å². The fourth-order valence-corrected chi connectivity index (χ4v) is 7.17. The Morgan fingerprint density at radius 3 is 2.63 bits per heavy atom. The highest BCUT2D eigenvalue weighted by Crippen LogP contribution is 2.40. The summed E-state index contributed by atoms with van der Waals surface area (Å²) in [4.78, 5) is 52.2. The molecule has 0 atom stereocenters. The zero-order valence-corrected chi connectivity index (χ0v) is 22.3. The van der Waals surface area contributed by atoms with Crippen molar-refractivity contribution in [3.05, 3.63) is 74.0 Å². The number of carbonyl (C=O) groups excluding carboxylic acids is 3. The predicted octanol–water partition coefficient (Wildman–Crippen LogP) is 5.55. The summed E-state index contributed by atoms with van der Waals surface area (Å²) >= 11 is 2.21. The van der Waals surface area contributed by atoms with E-state index in [1.807, 2.05) is 24.5 Å². The number of thioether (sulfide) groups is 1. The highest BCUT2D eigenvalue weighted by atomic mass is 32.2. The van der Waals surface area contributed by atoms with Crippen molar-refractivity contribution in [2.24, 2.45) is 0 Å². The van der Waals surface area contributed by atoms with Crippen LogP contribution < -0.4 is 5.32 Å². The van der Waals surface area contributed by atoms with Gasteiger partial charge in [0.25, 0.3) is 11.1 Å². The van der Waals surface area contributed by atoms with Gasteiger partial charge in [-0.1, -0.05) is 12.1 Å². The van der Waals surface area contributed by atoms with Gasteiger partial charge in [0.05, 0.1) is 16.2 Å². The van der Waals surface area contributed by atoms with E-state index >= 15 is 0 Å². The van der Waals surface area contributed by atoms with Gasteiger partial charge in [-0.2, -0.15) is 0 Å². The lowest BCUT2D eigenvalue weighted by molar-refractivity contribution is -0.127. The number of nitrogens with zero attached hydrogens (tertiary/aromatic N) is 2. The topological polar surface area (TPSA) is 109 Å². The van der Waals surface area contributed by atoms with Gasteiger partial charge in [0.1, 0.15) is 17.4 Å². The molecule has 11 heteroatoms. The van der Waals surface area contributed by atoms with Gasteiger partial charge in [0, 0.05) is 16.3 Å². The minimum atomic E-state index is -0.955. The molecule has 8 nitrogen and oxygen atoms in total. The van der Waals surface area contributed by atoms with Gasteiger partial charge in [0.15, 0.2) is 0 Å². The van der Waals surface area contributed by atoms with Gasteiger partial charge in [-0.15, -0.1) is 11.3 Å². The molecule has 0 unspecified atom stereocenters. The van der Waals surface area contributed by atoms with Crippen molar-refractivity contribution in [2.75, 3.05) is 11.9 Å². The molecule has 2 aromatic heterocycles. The zero-order valence-electron chi connectivity index (χ0n) is 20.7. The largest absolute Gasteiger partial charge is 0.478 e. The summed E-state index contributed by atoms with van der Waals surface area (Å²) in [6.07, 6.45) is 5.20. The molecule has 38 heavy (non-hydrogen) atoms. The van der Waals surface area contributed by atoms with Crippen LogP contribution in [0.5, 0.6) is 0 Å². The second-order valence-electron chi connectivity index (χ2n) is 9.15. The minimum absolute atomic E-state index is 0.0385. The van der Waals surface area contributed by atoms with Crippen LogP contribution in [0, 0.1) is 19.7 Å². The third-order valence-electron chi connectivity index (χ3n) is 6.65. The number of aryl methyl sites for hydroxylation is 2. The molecule has 3 aromatic rings. The van der Waals surface area contributed by atoms with E-state index in [1.54, 1.807) is 12.1 Å². The number of aromatic carboxylic acids is 1. The number of benzene rings is 1. The molecule has 0 radical (unpaired) electrons. The summed E-state index contributed by atoms with van der Waals surface area (Å²) in [7, 11) is 0. The highest BCUT2D eigenvalue weighted by molar-refractivity contribution is 8.18. The number of carboxylic acids is 1. The van der Waals surface area contributed by atoms with E-state index in [4.69, 9.17) is 0 Å². The SMILES string of the molecule is Cc1cc(/C=C2\SC(=O)N(CC(=O)Nc3ccccc3F)C2=O)c(C)n1-c1sc2c(c1C(=O)O)CCCC2. The quantitative estimate of drug-likeness (QED) is 0.388. The van der Waals surface area contributed by atoms with Crippen molar-refractivity contribution in [3.8, 4) is 5.00 Å². The van der Waals surface area contributed by atoms with E-state index in [2.05, 4.69) is 5.32 Å². The number of hydrogen-bond acceptors (Lipinski definition) is 6. The molecule has 3 heterocycles. The van der Waals surface area contributed by atoms with Crippen LogP contribution in [-0.4, -0.2) is 44.1 Å². The summed E-state index contributed by atoms with van der Waals surface area (Å²) in [5, 5.41) is 12.4. The first-order chi connectivity index (χ1) is 18.2. The van der Waals surface area contributed by atoms with Crippen LogP contribution in [0.2, 0.25) is 0 Å². The molecular formula is C27H24FN3O5S2. The number of imide groups is 1. The number of para-hydroxylation sites is 1. The summed E-state index contributed by atoms with van der Waals surface area (Å²) in [6, 6.07) is 7.47. The Morgan fingerprint density at radius 2 is 1.89 bits per heavy atom. The summed E-state index contributed by atoms with van der Waals surface area (Å²) in [5.41, 5.74) is 3.42. The molecule has 2 N–H and O–H groups in total. The van der Waals surface area contributed by atoms with Crippen LogP contribution in [0.25, 0.3) is 11.1 Å². The van der Waals surface area contributed by atoms with E-state index in [0.29, 0.717) is 16.1 Å².